The average Bonchev–Trinajstić information content (AvgIpc) is 3.08. The zero-order valence-corrected chi connectivity index (χ0v) is 27.3. The maximum Gasteiger partial charge on any atom is 0.255 e. The van der Waals surface area contributed by atoms with Gasteiger partial charge in [0.2, 0.25) is 17.7 Å². The molecule has 1 aliphatic rings. The number of amides is 4. The summed E-state index contributed by atoms with van der Waals surface area (Å²) in [4.78, 5) is 57.3. The number of nitrogens with zero attached hydrogens (tertiary/aromatic N) is 2. The lowest BCUT2D eigenvalue weighted by Crippen LogP contribution is -2.51. The molecule has 1 heterocycles. The highest BCUT2D eigenvalue weighted by Gasteiger charge is 2.30. The summed E-state index contributed by atoms with van der Waals surface area (Å²) in [6.07, 6.45) is 0.934. The van der Waals surface area contributed by atoms with E-state index in [0.717, 1.165) is 11.1 Å². The van der Waals surface area contributed by atoms with Crippen LogP contribution >= 0.6 is 0 Å². The van der Waals surface area contributed by atoms with Crippen molar-refractivity contribution in [3.05, 3.63) is 89.5 Å². The molecular formula is C36H44N4O7. The minimum Gasteiger partial charge on any atom is -0.493 e. The van der Waals surface area contributed by atoms with E-state index in [0.29, 0.717) is 49.8 Å². The van der Waals surface area contributed by atoms with E-state index in [1.807, 2.05) is 62.4 Å². The summed E-state index contributed by atoms with van der Waals surface area (Å²) in [5.74, 6) is -0.0679. The normalized spacial score (nSPS) is 16.0. The maximum absolute atomic E-state index is 13.8. The lowest BCUT2D eigenvalue weighted by molar-refractivity contribution is -0.142. The summed E-state index contributed by atoms with van der Waals surface area (Å²) in [7, 11) is 1.59. The molecule has 0 radical (unpaired) electrons. The largest absolute Gasteiger partial charge is 0.493 e. The molecule has 2 N–H and O–H groups in total. The molecule has 3 aromatic carbocycles. The first kappa shape index (κ1) is 34.8. The Morgan fingerprint density at radius 1 is 0.936 bits per heavy atom. The van der Waals surface area contributed by atoms with Gasteiger partial charge in [-0.2, -0.15) is 0 Å². The molecule has 250 valence electrons. The van der Waals surface area contributed by atoms with Crippen molar-refractivity contribution in [3.63, 3.8) is 0 Å². The van der Waals surface area contributed by atoms with E-state index in [1.165, 1.54) is 4.90 Å². The first-order valence-electron chi connectivity index (χ1n) is 16.0. The van der Waals surface area contributed by atoms with E-state index in [4.69, 9.17) is 14.2 Å². The van der Waals surface area contributed by atoms with Crippen LogP contribution in [-0.2, 0) is 27.3 Å². The fraction of sp³-hybridized carbons (Fsp3) is 0.389. The summed E-state index contributed by atoms with van der Waals surface area (Å²) in [5.41, 5.74) is 2.08. The van der Waals surface area contributed by atoms with Crippen molar-refractivity contribution in [2.24, 2.45) is 0 Å². The van der Waals surface area contributed by atoms with Crippen LogP contribution in [0.1, 0.15) is 48.2 Å². The van der Waals surface area contributed by atoms with Crippen molar-refractivity contribution < 1.29 is 33.4 Å². The van der Waals surface area contributed by atoms with Crippen LogP contribution in [0.2, 0.25) is 0 Å². The average molecular weight is 645 g/mol. The number of rotatable bonds is 11. The SMILES string of the molecule is CCOc1ccc(CCCNC(=O)[C@@H]2CC(=O)N(Cc3ccccc3)CC(=O)N(CC)CCOc3ccccc3C(=O)N2)cc1OC. The highest BCUT2D eigenvalue weighted by atomic mass is 16.5. The maximum atomic E-state index is 13.8. The molecule has 4 rings (SSSR count). The number of methoxy groups -OCH3 is 1. The summed E-state index contributed by atoms with van der Waals surface area (Å²) in [6.45, 7) is 5.47. The molecular weight excluding hydrogens is 600 g/mol. The first-order valence-corrected chi connectivity index (χ1v) is 16.0. The molecule has 0 bridgehead atoms. The number of aryl methyl sites for hydroxylation is 1. The number of carbonyl (C=O) groups excluding carboxylic acids is 4. The van der Waals surface area contributed by atoms with E-state index >= 15 is 0 Å². The molecule has 4 amide bonds. The molecule has 0 saturated carbocycles. The minimum atomic E-state index is -1.19. The number of nitrogens with one attached hydrogen (secondary N) is 2. The summed E-state index contributed by atoms with van der Waals surface area (Å²) in [6, 6.07) is 20.6. The van der Waals surface area contributed by atoms with Crippen LogP contribution in [0, 0.1) is 0 Å². The van der Waals surface area contributed by atoms with Crippen LogP contribution < -0.4 is 24.8 Å². The van der Waals surface area contributed by atoms with E-state index in [-0.39, 0.29) is 44.1 Å². The van der Waals surface area contributed by atoms with Gasteiger partial charge in [-0.25, -0.2) is 0 Å². The van der Waals surface area contributed by atoms with Gasteiger partial charge < -0.3 is 34.6 Å². The molecule has 0 spiro atoms. The second kappa shape index (κ2) is 17.6. The number of benzene rings is 3. The van der Waals surface area contributed by atoms with Crippen molar-refractivity contribution in [2.45, 2.75) is 45.7 Å². The zero-order chi connectivity index (χ0) is 33.6. The predicted molar refractivity (Wildman–Crippen MR) is 177 cm³/mol. The van der Waals surface area contributed by atoms with Crippen LogP contribution in [0.5, 0.6) is 17.2 Å². The number of ether oxygens (including phenoxy) is 3. The zero-order valence-electron chi connectivity index (χ0n) is 27.3. The monoisotopic (exact) mass is 644 g/mol. The van der Waals surface area contributed by atoms with Crippen molar-refractivity contribution >= 4 is 23.6 Å². The molecule has 11 nitrogen and oxygen atoms in total. The number of likely N-dealkylation sites (N-methyl/N-ethyl adjacent to an activating group) is 1. The molecule has 1 aliphatic heterocycles. The van der Waals surface area contributed by atoms with Gasteiger partial charge in [0.15, 0.2) is 11.5 Å². The Kier molecular flexibility index (Phi) is 13.0. The van der Waals surface area contributed by atoms with Gasteiger partial charge in [0.1, 0.15) is 24.9 Å². The Hall–Kier alpha value is -5.06. The molecule has 0 aliphatic carbocycles. The lowest BCUT2D eigenvalue weighted by atomic mass is 10.1. The van der Waals surface area contributed by atoms with Gasteiger partial charge in [-0.15, -0.1) is 0 Å². The van der Waals surface area contributed by atoms with Gasteiger partial charge in [-0.05, 0) is 62.1 Å². The molecule has 11 heteroatoms. The fourth-order valence-electron chi connectivity index (χ4n) is 5.32. The highest BCUT2D eigenvalue weighted by Crippen LogP contribution is 2.28. The summed E-state index contributed by atoms with van der Waals surface area (Å²) in [5, 5.41) is 5.65. The van der Waals surface area contributed by atoms with Crippen LogP contribution in [0.15, 0.2) is 72.8 Å². The van der Waals surface area contributed by atoms with Gasteiger partial charge in [0, 0.05) is 19.6 Å². The van der Waals surface area contributed by atoms with Crippen LogP contribution in [0.25, 0.3) is 0 Å². The quantitative estimate of drug-likeness (QED) is 0.306. The van der Waals surface area contributed by atoms with Crippen molar-refractivity contribution in [1.29, 1.82) is 0 Å². The Morgan fingerprint density at radius 2 is 1.70 bits per heavy atom. The molecule has 0 saturated heterocycles. The predicted octanol–water partition coefficient (Wildman–Crippen LogP) is 3.60. The number of hydrogen-bond donors (Lipinski definition) is 2. The van der Waals surface area contributed by atoms with E-state index < -0.39 is 23.8 Å². The number of fused-ring (bicyclic) bond motifs is 1. The summed E-state index contributed by atoms with van der Waals surface area (Å²) >= 11 is 0. The second-order valence-electron chi connectivity index (χ2n) is 11.1. The fourth-order valence-corrected chi connectivity index (χ4v) is 5.32. The van der Waals surface area contributed by atoms with E-state index in [2.05, 4.69) is 10.6 Å². The molecule has 0 aromatic heterocycles. The highest BCUT2D eigenvalue weighted by molar-refractivity contribution is 6.01. The molecule has 0 fully saturated rings. The van der Waals surface area contributed by atoms with Gasteiger partial charge >= 0.3 is 0 Å². The first-order chi connectivity index (χ1) is 22.8. The molecule has 0 unspecified atom stereocenters. The third-order valence-corrected chi connectivity index (χ3v) is 7.85. The van der Waals surface area contributed by atoms with Gasteiger partial charge in [0.05, 0.1) is 32.2 Å². The Labute approximate surface area is 276 Å². The summed E-state index contributed by atoms with van der Waals surface area (Å²) < 4.78 is 17.0. The second-order valence-corrected chi connectivity index (χ2v) is 11.1. The van der Waals surface area contributed by atoms with Crippen molar-refractivity contribution in [2.75, 3.05) is 46.5 Å². The Bertz CT molecular complexity index is 1510. The van der Waals surface area contributed by atoms with Crippen LogP contribution in [-0.4, -0.2) is 86.0 Å². The third kappa shape index (κ3) is 9.96. The molecule has 1 atom stereocenters. The van der Waals surface area contributed by atoms with E-state index in [9.17, 15) is 19.2 Å². The number of hydrogen-bond acceptors (Lipinski definition) is 7. The van der Waals surface area contributed by atoms with Crippen molar-refractivity contribution in [3.8, 4) is 17.2 Å². The number of carbonyl (C=O) groups is 4. The Balaban J connectivity index is 1.52. The van der Waals surface area contributed by atoms with Gasteiger partial charge in [-0.3, -0.25) is 19.2 Å². The molecule has 47 heavy (non-hydrogen) atoms. The Morgan fingerprint density at radius 3 is 2.45 bits per heavy atom. The van der Waals surface area contributed by atoms with Crippen LogP contribution in [0.4, 0.5) is 0 Å². The third-order valence-electron chi connectivity index (χ3n) is 7.85. The van der Waals surface area contributed by atoms with Gasteiger partial charge in [0.25, 0.3) is 5.91 Å². The number of para-hydroxylation sites is 1. The molecule has 3 aromatic rings. The standard InChI is InChI=1S/C36H44N4O7/c1-4-39-20-21-47-30-16-10-9-15-28(30)35(43)38-29(23-33(41)40(25-34(39)42)24-27-12-7-6-8-13-27)36(44)37-19-11-14-26-17-18-31(46-5-2)32(22-26)45-3/h6-10,12-13,15-18,22,29H,4-5,11,14,19-21,23-25H2,1-3H3,(H,37,44)(H,38,43)/t29-/m0/s1. The van der Waals surface area contributed by atoms with Crippen LogP contribution in [0.3, 0.4) is 0 Å². The van der Waals surface area contributed by atoms with Gasteiger partial charge in [-0.1, -0.05) is 48.5 Å². The topological polar surface area (TPSA) is 127 Å². The van der Waals surface area contributed by atoms with E-state index in [1.54, 1.807) is 36.3 Å². The lowest BCUT2D eigenvalue weighted by Gasteiger charge is -2.29. The smallest absolute Gasteiger partial charge is 0.255 e. The minimum absolute atomic E-state index is 0.153. The van der Waals surface area contributed by atoms with Crippen molar-refractivity contribution in [1.82, 2.24) is 20.4 Å².